The van der Waals surface area contributed by atoms with E-state index in [9.17, 15) is 0 Å². The lowest BCUT2D eigenvalue weighted by atomic mass is 9.95. The van der Waals surface area contributed by atoms with Crippen molar-refractivity contribution >= 4 is 5.96 Å². The summed E-state index contributed by atoms with van der Waals surface area (Å²) in [4.78, 5) is 10.00. The predicted molar refractivity (Wildman–Crippen MR) is 99.4 cm³/mol. The smallest absolute Gasteiger partial charge is 0.194 e. The van der Waals surface area contributed by atoms with Gasteiger partial charge in [0.2, 0.25) is 0 Å². The minimum atomic E-state index is 0.729. The van der Waals surface area contributed by atoms with Gasteiger partial charge in [-0.1, -0.05) is 12.2 Å². The quantitative estimate of drug-likeness (QED) is 0.474. The molecule has 2 aliphatic heterocycles. The van der Waals surface area contributed by atoms with Crippen LogP contribution in [0.5, 0.6) is 0 Å². The lowest BCUT2D eigenvalue weighted by Gasteiger charge is -2.37. The molecule has 24 heavy (non-hydrogen) atoms. The van der Waals surface area contributed by atoms with E-state index < -0.39 is 0 Å². The molecule has 3 aliphatic rings. The van der Waals surface area contributed by atoms with Crippen molar-refractivity contribution in [2.45, 2.75) is 32.6 Å². The summed E-state index contributed by atoms with van der Waals surface area (Å²) in [6.45, 7) is 11.7. The molecular weight excluding hydrogens is 300 g/mol. The number of nitrogens with one attached hydrogen (secondary N) is 1. The first-order chi connectivity index (χ1) is 11.8. The number of hydrogen-bond donors (Lipinski definition) is 1. The fraction of sp³-hybridized carbons (Fsp3) is 0.842. The summed E-state index contributed by atoms with van der Waals surface area (Å²) in [5, 5.41) is 3.50. The van der Waals surface area contributed by atoms with Crippen LogP contribution < -0.4 is 5.32 Å². The van der Waals surface area contributed by atoms with Gasteiger partial charge in [-0.05, 0) is 44.4 Å². The van der Waals surface area contributed by atoms with Gasteiger partial charge in [0.15, 0.2) is 5.96 Å². The average molecular weight is 335 g/mol. The minimum Gasteiger partial charge on any atom is -0.381 e. The molecule has 3 rings (SSSR count). The van der Waals surface area contributed by atoms with Crippen molar-refractivity contribution < 1.29 is 4.74 Å². The van der Waals surface area contributed by atoms with Crippen molar-refractivity contribution in [3.05, 3.63) is 12.2 Å². The third kappa shape index (κ3) is 5.21. The second kappa shape index (κ2) is 9.42. The Bertz CT molecular complexity index is 423. The van der Waals surface area contributed by atoms with Gasteiger partial charge in [-0.2, -0.15) is 0 Å². The summed E-state index contributed by atoms with van der Waals surface area (Å²) in [6.07, 6.45) is 9.57. The molecule has 1 aliphatic carbocycles. The highest BCUT2D eigenvalue weighted by molar-refractivity contribution is 5.80. The van der Waals surface area contributed by atoms with Gasteiger partial charge in [0, 0.05) is 52.4 Å². The molecule has 0 aromatic heterocycles. The lowest BCUT2D eigenvalue weighted by molar-refractivity contribution is 0.139. The number of allylic oxidation sites excluding steroid dienone is 2. The summed E-state index contributed by atoms with van der Waals surface area (Å²) in [6, 6.07) is 0. The van der Waals surface area contributed by atoms with Crippen LogP contribution in [0.1, 0.15) is 32.6 Å². The van der Waals surface area contributed by atoms with Crippen molar-refractivity contribution in [3.8, 4) is 0 Å². The molecule has 0 saturated carbocycles. The molecule has 136 valence electrons. The predicted octanol–water partition coefficient (Wildman–Crippen LogP) is 1.96. The number of ether oxygens (including phenoxy) is 1. The molecule has 2 unspecified atom stereocenters. The van der Waals surface area contributed by atoms with E-state index in [0.717, 1.165) is 70.3 Å². The fourth-order valence-corrected chi connectivity index (χ4v) is 3.90. The van der Waals surface area contributed by atoms with Crippen LogP contribution in [0.2, 0.25) is 0 Å². The van der Waals surface area contributed by atoms with Gasteiger partial charge in [-0.25, -0.2) is 0 Å². The molecular formula is C19H34N4O. The average Bonchev–Trinajstić information content (AvgIpc) is 3.13. The zero-order valence-corrected chi connectivity index (χ0v) is 15.3. The Morgan fingerprint density at radius 2 is 2.04 bits per heavy atom. The van der Waals surface area contributed by atoms with Crippen LogP contribution in [0.25, 0.3) is 0 Å². The summed E-state index contributed by atoms with van der Waals surface area (Å²) in [5.74, 6) is 2.60. The topological polar surface area (TPSA) is 40.1 Å². The Morgan fingerprint density at radius 1 is 1.17 bits per heavy atom. The molecule has 2 saturated heterocycles. The molecule has 0 amide bonds. The summed E-state index contributed by atoms with van der Waals surface area (Å²) in [5.41, 5.74) is 0. The van der Waals surface area contributed by atoms with Crippen LogP contribution >= 0.6 is 0 Å². The highest BCUT2D eigenvalue weighted by atomic mass is 16.5. The zero-order chi connectivity index (χ0) is 16.6. The van der Waals surface area contributed by atoms with Crippen molar-refractivity contribution in [1.29, 1.82) is 0 Å². The number of rotatable bonds is 5. The van der Waals surface area contributed by atoms with Crippen LogP contribution in [0.15, 0.2) is 17.1 Å². The molecule has 2 fully saturated rings. The zero-order valence-electron chi connectivity index (χ0n) is 15.3. The maximum Gasteiger partial charge on any atom is 0.194 e. The highest BCUT2D eigenvalue weighted by Crippen LogP contribution is 2.18. The Balaban J connectivity index is 1.46. The Hall–Kier alpha value is -1.07. The molecule has 0 radical (unpaired) electrons. The van der Waals surface area contributed by atoms with E-state index in [0.29, 0.717) is 0 Å². The van der Waals surface area contributed by atoms with Crippen LogP contribution in [0.3, 0.4) is 0 Å². The molecule has 0 spiro atoms. The number of nitrogens with zero attached hydrogens (tertiary/aromatic N) is 3. The van der Waals surface area contributed by atoms with E-state index in [4.69, 9.17) is 9.73 Å². The summed E-state index contributed by atoms with van der Waals surface area (Å²) >= 11 is 0. The summed E-state index contributed by atoms with van der Waals surface area (Å²) in [7, 11) is 0. The first-order valence-corrected chi connectivity index (χ1v) is 9.83. The third-order valence-corrected chi connectivity index (χ3v) is 5.42. The maximum atomic E-state index is 5.51. The third-order valence-electron chi connectivity index (χ3n) is 5.42. The van der Waals surface area contributed by atoms with E-state index in [-0.39, 0.29) is 0 Å². The van der Waals surface area contributed by atoms with E-state index >= 15 is 0 Å². The van der Waals surface area contributed by atoms with Crippen molar-refractivity contribution in [2.24, 2.45) is 16.8 Å². The van der Waals surface area contributed by atoms with Crippen LogP contribution in [-0.4, -0.2) is 74.8 Å². The Morgan fingerprint density at radius 3 is 2.71 bits per heavy atom. The number of guanidine groups is 1. The van der Waals surface area contributed by atoms with Gasteiger partial charge >= 0.3 is 0 Å². The van der Waals surface area contributed by atoms with Gasteiger partial charge in [-0.3, -0.25) is 9.89 Å². The van der Waals surface area contributed by atoms with Gasteiger partial charge in [0.05, 0.1) is 6.61 Å². The van der Waals surface area contributed by atoms with Gasteiger partial charge in [-0.15, -0.1) is 0 Å². The van der Waals surface area contributed by atoms with Crippen molar-refractivity contribution in [1.82, 2.24) is 15.1 Å². The van der Waals surface area contributed by atoms with E-state index in [2.05, 4.69) is 34.2 Å². The SMILES string of the molecule is CCNC(=NCC1CC=CCC1)N1CCN(CC2CCOC2)CC1. The summed E-state index contributed by atoms with van der Waals surface area (Å²) < 4.78 is 5.51. The normalized spacial score (nSPS) is 29.2. The number of aliphatic imine (C=N–C) groups is 1. The Kier molecular flexibility index (Phi) is 6.97. The molecule has 2 heterocycles. The van der Waals surface area contributed by atoms with Gasteiger partial charge < -0.3 is 15.0 Å². The van der Waals surface area contributed by atoms with E-state index in [1.807, 2.05) is 0 Å². The molecule has 0 aromatic rings. The monoisotopic (exact) mass is 334 g/mol. The van der Waals surface area contributed by atoms with Gasteiger partial charge in [0.25, 0.3) is 0 Å². The molecule has 2 atom stereocenters. The van der Waals surface area contributed by atoms with Crippen molar-refractivity contribution in [2.75, 3.05) is 59.0 Å². The molecule has 0 aromatic carbocycles. The first kappa shape index (κ1) is 17.7. The molecule has 0 bridgehead atoms. The lowest BCUT2D eigenvalue weighted by Crippen LogP contribution is -2.53. The van der Waals surface area contributed by atoms with E-state index in [1.54, 1.807) is 0 Å². The van der Waals surface area contributed by atoms with Crippen molar-refractivity contribution in [3.63, 3.8) is 0 Å². The molecule has 5 heteroatoms. The van der Waals surface area contributed by atoms with Crippen LogP contribution in [0.4, 0.5) is 0 Å². The van der Waals surface area contributed by atoms with Crippen LogP contribution in [-0.2, 0) is 4.74 Å². The molecule has 5 nitrogen and oxygen atoms in total. The maximum absolute atomic E-state index is 5.51. The largest absolute Gasteiger partial charge is 0.381 e. The van der Waals surface area contributed by atoms with Gasteiger partial charge in [0.1, 0.15) is 0 Å². The van der Waals surface area contributed by atoms with E-state index in [1.165, 1.54) is 32.2 Å². The second-order valence-electron chi connectivity index (χ2n) is 7.36. The standard InChI is InChI=1S/C19H34N4O/c1-2-20-19(21-14-17-6-4-3-5-7-17)23-11-9-22(10-12-23)15-18-8-13-24-16-18/h3-4,17-18H,2,5-16H2,1H3,(H,20,21). The molecule has 1 N–H and O–H groups in total. The minimum absolute atomic E-state index is 0.729. The second-order valence-corrected chi connectivity index (χ2v) is 7.36. The number of piperazine rings is 1. The highest BCUT2D eigenvalue weighted by Gasteiger charge is 2.24. The fourth-order valence-electron chi connectivity index (χ4n) is 3.90. The van der Waals surface area contributed by atoms with Crippen LogP contribution in [0, 0.1) is 11.8 Å². The first-order valence-electron chi connectivity index (χ1n) is 9.83. The Labute approximate surface area is 147 Å². The number of hydrogen-bond acceptors (Lipinski definition) is 3.